The van der Waals surface area contributed by atoms with E-state index in [-0.39, 0.29) is 17.8 Å². The lowest BCUT2D eigenvalue weighted by Gasteiger charge is -2.30. The molecule has 2 aliphatic heterocycles. The Kier molecular flexibility index (Phi) is 7.88. The van der Waals surface area contributed by atoms with E-state index in [1.807, 2.05) is 23.1 Å². The number of methoxy groups -OCH3 is 1. The minimum atomic E-state index is -0.0962. The molecule has 2 aliphatic rings. The summed E-state index contributed by atoms with van der Waals surface area (Å²) < 4.78 is 10.9. The molecule has 0 saturated carbocycles. The van der Waals surface area contributed by atoms with Crippen LogP contribution in [0.5, 0.6) is 5.75 Å². The molecule has 1 fully saturated rings. The summed E-state index contributed by atoms with van der Waals surface area (Å²) >= 11 is 0. The number of benzene rings is 2. The van der Waals surface area contributed by atoms with Gasteiger partial charge in [0, 0.05) is 24.2 Å². The summed E-state index contributed by atoms with van der Waals surface area (Å²) in [4.78, 5) is 29.3. The number of carbonyl (C=O) groups is 2. The van der Waals surface area contributed by atoms with Gasteiger partial charge >= 0.3 is 5.97 Å². The number of fused-ring (bicyclic) bond motifs is 1. The van der Waals surface area contributed by atoms with Crippen molar-refractivity contribution in [2.75, 3.05) is 33.4 Å². The summed E-state index contributed by atoms with van der Waals surface area (Å²) in [6, 6.07) is 14.3. The normalized spacial score (nSPS) is 17.1. The van der Waals surface area contributed by atoms with Crippen molar-refractivity contribution in [3.63, 3.8) is 0 Å². The maximum atomic E-state index is 13.2. The Balaban J connectivity index is 1.40. The third-order valence-electron chi connectivity index (χ3n) is 6.77. The molecule has 1 amide bonds. The highest BCUT2D eigenvalue weighted by molar-refractivity contribution is 5.94. The summed E-state index contributed by atoms with van der Waals surface area (Å²) in [6.45, 7) is 8.59. The molecule has 34 heavy (non-hydrogen) atoms. The summed E-state index contributed by atoms with van der Waals surface area (Å²) in [6.07, 6.45) is 2.68. The van der Waals surface area contributed by atoms with Crippen molar-refractivity contribution in [1.29, 1.82) is 0 Å². The van der Waals surface area contributed by atoms with Crippen LogP contribution in [0.25, 0.3) is 0 Å². The topological polar surface area (TPSA) is 59.1 Å². The van der Waals surface area contributed by atoms with Gasteiger partial charge in [-0.25, -0.2) is 0 Å². The number of rotatable bonds is 6. The first kappa shape index (κ1) is 24.3. The van der Waals surface area contributed by atoms with Crippen molar-refractivity contribution < 1.29 is 19.1 Å². The number of carbonyl (C=O) groups excluding carboxylic acids is 2. The van der Waals surface area contributed by atoms with E-state index in [1.54, 1.807) is 0 Å². The molecular formula is C28H36N2O4. The van der Waals surface area contributed by atoms with Crippen LogP contribution in [0.2, 0.25) is 0 Å². The van der Waals surface area contributed by atoms with E-state index in [9.17, 15) is 9.59 Å². The van der Waals surface area contributed by atoms with E-state index < -0.39 is 0 Å². The molecule has 4 rings (SSSR count). The van der Waals surface area contributed by atoms with E-state index in [1.165, 1.54) is 18.2 Å². The highest BCUT2D eigenvalue weighted by atomic mass is 16.5. The fraction of sp³-hybridized carbons (Fsp3) is 0.500. The zero-order chi connectivity index (χ0) is 24.1. The second-order valence-corrected chi connectivity index (χ2v) is 9.89. The molecule has 0 N–H and O–H groups in total. The summed E-state index contributed by atoms with van der Waals surface area (Å²) in [5.41, 5.74) is 4.23. The van der Waals surface area contributed by atoms with Gasteiger partial charge in [-0.2, -0.15) is 0 Å². The molecule has 6 heteroatoms. The van der Waals surface area contributed by atoms with Crippen LogP contribution >= 0.6 is 0 Å². The third kappa shape index (κ3) is 5.98. The average molecular weight is 465 g/mol. The predicted octanol–water partition coefficient (Wildman–Crippen LogP) is 4.30. The SMILES string of the molecule is COC(=O)C1CCN(Cc2ccc3c(c2)CN(C(=O)c2ccc(CC(C)C)cc2)CCO3)CC1. The molecule has 0 atom stereocenters. The Morgan fingerprint density at radius 2 is 1.74 bits per heavy atom. The van der Waals surface area contributed by atoms with Crippen LogP contribution in [0, 0.1) is 11.8 Å². The van der Waals surface area contributed by atoms with E-state index in [0.29, 0.717) is 25.6 Å². The van der Waals surface area contributed by atoms with Crippen molar-refractivity contribution in [3.8, 4) is 5.75 Å². The second kappa shape index (κ2) is 11.0. The number of hydrogen-bond donors (Lipinski definition) is 0. The van der Waals surface area contributed by atoms with E-state index in [2.05, 4.69) is 43.0 Å². The molecular weight excluding hydrogens is 428 g/mol. The van der Waals surface area contributed by atoms with Crippen molar-refractivity contribution in [2.45, 2.75) is 46.2 Å². The molecule has 182 valence electrons. The van der Waals surface area contributed by atoms with Gasteiger partial charge in [0.05, 0.1) is 19.6 Å². The Labute approximate surface area is 202 Å². The van der Waals surface area contributed by atoms with Crippen LogP contribution in [-0.4, -0.2) is 55.0 Å². The lowest BCUT2D eigenvalue weighted by Crippen LogP contribution is -2.36. The van der Waals surface area contributed by atoms with Gasteiger partial charge in [0.15, 0.2) is 0 Å². The first-order valence-corrected chi connectivity index (χ1v) is 12.4. The molecule has 0 aliphatic carbocycles. The van der Waals surface area contributed by atoms with Crippen LogP contribution in [0.1, 0.15) is 53.7 Å². The summed E-state index contributed by atoms with van der Waals surface area (Å²) in [5.74, 6) is 1.41. The van der Waals surface area contributed by atoms with Crippen molar-refractivity contribution in [2.24, 2.45) is 11.8 Å². The molecule has 1 saturated heterocycles. The molecule has 6 nitrogen and oxygen atoms in total. The zero-order valence-electron chi connectivity index (χ0n) is 20.6. The van der Waals surface area contributed by atoms with Crippen LogP contribution in [0.4, 0.5) is 0 Å². The maximum Gasteiger partial charge on any atom is 0.308 e. The number of amides is 1. The van der Waals surface area contributed by atoms with Gasteiger partial charge in [0.1, 0.15) is 12.4 Å². The molecule has 2 heterocycles. The number of likely N-dealkylation sites (tertiary alicyclic amines) is 1. The Hall–Kier alpha value is -2.86. The van der Waals surface area contributed by atoms with E-state index in [4.69, 9.17) is 9.47 Å². The molecule has 0 bridgehead atoms. The Bertz CT molecular complexity index is 994. The molecule has 0 radical (unpaired) electrons. The average Bonchev–Trinajstić information content (AvgIpc) is 3.06. The fourth-order valence-electron chi connectivity index (χ4n) is 4.91. The minimum Gasteiger partial charge on any atom is -0.491 e. The monoisotopic (exact) mass is 464 g/mol. The van der Waals surface area contributed by atoms with Gasteiger partial charge in [0.25, 0.3) is 5.91 Å². The standard InChI is InChI=1S/C28H36N2O4/c1-20(2)16-21-4-7-23(8-5-21)27(31)30-14-15-34-26-9-6-22(17-25(26)19-30)18-29-12-10-24(11-13-29)28(32)33-3/h4-9,17,20,24H,10-16,18-19H2,1-3H3. The first-order chi connectivity index (χ1) is 16.4. The summed E-state index contributed by atoms with van der Waals surface area (Å²) in [5, 5.41) is 0. The molecule has 0 unspecified atom stereocenters. The highest BCUT2D eigenvalue weighted by Crippen LogP contribution is 2.27. The van der Waals surface area contributed by atoms with Crippen molar-refractivity contribution in [1.82, 2.24) is 9.80 Å². The van der Waals surface area contributed by atoms with E-state index in [0.717, 1.165) is 55.8 Å². The fourth-order valence-corrected chi connectivity index (χ4v) is 4.91. The van der Waals surface area contributed by atoms with Gasteiger partial charge in [0.2, 0.25) is 0 Å². The number of piperidine rings is 1. The van der Waals surface area contributed by atoms with Gasteiger partial charge in [-0.1, -0.05) is 32.0 Å². The van der Waals surface area contributed by atoms with Crippen LogP contribution in [0.3, 0.4) is 0 Å². The molecule has 2 aromatic rings. The minimum absolute atomic E-state index is 0.0145. The second-order valence-electron chi connectivity index (χ2n) is 9.89. The number of hydrogen-bond acceptors (Lipinski definition) is 5. The zero-order valence-corrected chi connectivity index (χ0v) is 20.6. The number of ether oxygens (including phenoxy) is 2. The molecule has 0 aromatic heterocycles. The van der Waals surface area contributed by atoms with Gasteiger partial charge < -0.3 is 14.4 Å². The third-order valence-corrected chi connectivity index (χ3v) is 6.77. The van der Waals surface area contributed by atoms with Crippen LogP contribution in [0.15, 0.2) is 42.5 Å². The summed E-state index contributed by atoms with van der Waals surface area (Å²) in [7, 11) is 1.46. The van der Waals surface area contributed by atoms with Crippen molar-refractivity contribution >= 4 is 11.9 Å². The lowest BCUT2D eigenvalue weighted by atomic mass is 9.96. The van der Waals surface area contributed by atoms with Crippen LogP contribution in [-0.2, 0) is 29.0 Å². The smallest absolute Gasteiger partial charge is 0.308 e. The molecule has 2 aromatic carbocycles. The highest BCUT2D eigenvalue weighted by Gasteiger charge is 2.26. The lowest BCUT2D eigenvalue weighted by molar-refractivity contribution is -0.147. The van der Waals surface area contributed by atoms with E-state index >= 15 is 0 Å². The number of nitrogens with zero attached hydrogens (tertiary/aromatic N) is 2. The quantitative estimate of drug-likeness (QED) is 0.597. The Morgan fingerprint density at radius 1 is 1.03 bits per heavy atom. The van der Waals surface area contributed by atoms with Gasteiger partial charge in [-0.05, 0) is 73.7 Å². The van der Waals surface area contributed by atoms with Crippen LogP contribution < -0.4 is 4.74 Å². The first-order valence-electron chi connectivity index (χ1n) is 12.4. The van der Waals surface area contributed by atoms with Crippen molar-refractivity contribution in [3.05, 3.63) is 64.7 Å². The largest absolute Gasteiger partial charge is 0.491 e. The van der Waals surface area contributed by atoms with Gasteiger partial charge in [-0.3, -0.25) is 14.5 Å². The number of esters is 1. The van der Waals surface area contributed by atoms with Gasteiger partial charge in [-0.15, -0.1) is 0 Å². The maximum absolute atomic E-state index is 13.2. The molecule has 0 spiro atoms. The Morgan fingerprint density at radius 3 is 2.41 bits per heavy atom. The predicted molar refractivity (Wildman–Crippen MR) is 132 cm³/mol.